The van der Waals surface area contributed by atoms with E-state index in [9.17, 15) is 4.91 Å². The fourth-order valence-corrected chi connectivity index (χ4v) is 2.93. The van der Waals surface area contributed by atoms with Gasteiger partial charge >= 0.3 is 0 Å². The molecule has 0 heterocycles. The second kappa shape index (κ2) is 6.80. The van der Waals surface area contributed by atoms with E-state index < -0.39 is 0 Å². The highest BCUT2D eigenvalue weighted by atomic mass is 16.3. The van der Waals surface area contributed by atoms with E-state index in [4.69, 9.17) is 5.11 Å². The van der Waals surface area contributed by atoms with Crippen molar-refractivity contribution in [3.05, 3.63) is 40.8 Å². The molecule has 1 aromatic carbocycles. The monoisotopic (exact) mass is 263 g/mol. The van der Waals surface area contributed by atoms with E-state index in [0.29, 0.717) is 6.54 Å². The Morgan fingerprint density at radius 3 is 2.32 bits per heavy atom. The zero-order valence-corrected chi connectivity index (χ0v) is 12.2. The van der Waals surface area contributed by atoms with Crippen molar-refractivity contribution >= 4 is 0 Å². The van der Waals surface area contributed by atoms with Crippen LogP contribution in [0.25, 0.3) is 0 Å². The van der Waals surface area contributed by atoms with Crippen molar-refractivity contribution in [2.24, 2.45) is 10.6 Å². The first-order chi connectivity index (χ1) is 8.93. The lowest BCUT2D eigenvalue weighted by Gasteiger charge is -2.36. The van der Waals surface area contributed by atoms with Gasteiger partial charge in [-0.1, -0.05) is 56.3 Å². The summed E-state index contributed by atoms with van der Waals surface area (Å²) < 4.78 is 0. The third-order valence-corrected chi connectivity index (χ3v) is 3.76. The molecule has 1 rings (SSSR count). The zero-order valence-electron chi connectivity index (χ0n) is 12.2. The molecule has 3 heteroatoms. The van der Waals surface area contributed by atoms with Crippen molar-refractivity contribution < 1.29 is 5.11 Å². The molecule has 3 nitrogen and oxygen atoms in total. The smallest absolute Gasteiger partial charge is 0.0905 e. The Morgan fingerprint density at radius 2 is 1.79 bits per heavy atom. The minimum Gasteiger partial charge on any atom is -0.396 e. The molecule has 0 aliphatic rings. The largest absolute Gasteiger partial charge is 0.396 e. The number of aliphatic hydroxyl groups is 1. The van der Waals surface area contributed by atoms with Crippen LogP contribution in [0.3, 0.4) is 0 Å². The summed E-state index contributed by atoms with van der Waals surface area (Å²) in [7, 11) is 0. The lowest BCUT2D eigenvalue weighted by Crippen LogP contribution is -2.32. The van der Waals surface area contributed by atoms with Crippen LogP contribution in [0.1, 0.15) is 45.6 Å². The van der Waals surface area contributed by atoms with Gasteiger partial charge in [0.2, 0.25) is 0 Å². The first kappa shape index (κ1) is 15.8. The average Bonchev–Trinajstić information content (AvgIpc) is 2.37. The fraction of sp³-hybridized carbons (Fsp3) is 0.625. The van der Waals surface area contributed by atoms with Gasteiger partial charge in [-0.05, 0) is 30.2 Å². The molecule has 0 fully saturated rings. The molecule has 0 radical (unpaired) electrons. The molecular formula is C16H25NO2. The summed E-state index contributed by atoms with van der Waals surface area (Å²) in [5, 5.41) is 12.1. The third-order valence-electron chi connectivity index (χ3n) is 3.76. The maximum absolute atomic E-state index is 10.8. The molecule has 0 spiro atoms. The summed E-state index contributed by atoms with van der Waals surface area (Å²) >= 11 is 0. The average molecular weight is 263 g/mol. The number of hydrogen-bond donors (Lipinski definition) is 1. The minimum absolute atomic E-state index is 0.0814. The van der Waals surface area contributed by atoms with E-state index in [0.717, 1.165) is 24.8 Å². The highest BCUT2D eigenvalue weighted by molar-refractivity contribution is 5.25. The van der Waals surface area contributed by atoms with Gasteiger partial charge < -0.3 is 5.11 Å². The van der Waals surface area contributed by atoms with E-state index in [1.165, 1.54) is 0 Å². The molecule has 1 aromatic rings. The minimum atomic E-state index is -0.234. The van der Waals surface area contributed by atoms with Crippen LogP contribution in [0.5, 0.6) is 0 Å². The normalized spacial score (nSPS) is 14.9. The second-order valence-corrected chi connectivity index (χ2v) is 6.38. The van der Waals surface area contributed by atoms with Gasteiger partial charge in [0, 0.05) is 12.0 Å². The molecule has 106 valence electrons. The Labute approximate surface area is 116 Å². The number of hydrogen-bond acceptors (Lipinski definition) is 3. The van der Waals surface area contributed by atoms with Crippen LogP contribution in [0.15, 0.2) is 35.5 Å². The zero-order chi connectivity index (χ0) is 14.4. The van der Waals surface area contributed by atoms with Crippen molar-refractivity contribution in [2.45, 2.75) is 45.4 Å². The molecular weight excluding hydrogens is 238 g/mol. The van der Waals surface area contributed by atoms with E-state index in [-0.39, 0.29) is 17.4 Å². The highest BCUT2D eigenvalue weighted by Gasteiger charge is 2.34. The molecule has 0 aliphatic carbocycles. The molecule has 19 heavy (non-hydrogen) atoms. The van der Waals surface area contributed by atoms with Gasteiger partial charge in [-0.25, -0.2) is 0 Å². The molecule has 0 saturated heterocycles. The quantitative estimate of drug-likeness (QED) is 0.723. The van der Waals surface area contributed by atoms with Gasteiger partial charge in [-0.2, -0.15) is 4.91 Å². The van der Waals surface area contributed by atoms with Gasteiger partial charge in [-0.3, -0.25) is 0 Å². The maximum atomic E-state index is 10.8. The van der Waals surface area contributed by atoms with Crippen molar-refractivity contribution in [2.75, 3.05) is 13.2 Å². The van der Waals surface area contributed by atoms with Crippen LogP contribution >= 0.6 is 0 Å². The van der Waals surface area contributed by atoms with Crippen molar-refractivity contribution in [3.8, 4) is 0 Å². The molecule has 1 unspecified atom stereocenters. The number of nitroso groups, excluding NO2 is 1. The van der Waals surface area contributed by atoms with E-state index in [1.807, 2.05) is 18.2 Å². The summed E-state index contributed by atoms with van der Waals surface area (Å²) in [5.41, 5.74) is 1.01. The fourth-order valence-electron chi connectivity index (χ4n) is 2.93. The third kappa shape index (κ3) is 4.75. The number of benzene rings is 1. The van der Waals surface area contributed by atoms with Gasteiger partial charge in [0.25, 0.3) is 0 Å². The summed E-state index contributed by atoms with van der Waals surface area (Å²) in [6.07, 6.45) is 2.63. The SMILES string of the molecule is CC(C)(CCCO)CC(C)(CN=O)c1ccccc1. The van der Waals surface area contributed by atoms with E-state index >= 15 is 0 Å². The highest BCUT2D eigenvalue weighted by Crippen LogP contribution is 2.39. The summed E-state index contributed by atoms with van der Waals surface area (Å²) in [6.45, 7) is 6.99. The molecule has 0 aromatic heterocycles. The number of aliphatic hydroxyl groups excluding tert-OH is 1. The Morgan fingerprint density at radius 1 is 1.16 bits per heavy atom. The Hall–Kier alpha value is -1.22. The first-order valence-electron chi connectivity index (χ1n) is 6.89. The summed E-state index contributed by atoms with van der Waals surface area (Å²) in [4.78, 5) is 10.8. The second-order valence-electron chi connectivity index (χ2n) is 6.38. The topological polar surface area (TPSA) is 49.7 Å². The molecule has 1 N–H and O–H groups in total. The molecule has 0 bridgehead atoms. The van der Waals surface area contributed by atoms with E-state index in [2.05, 4.69) is 38.1 Å². The molecule has 1 atom stereocenters. The van der Waals surface area contributed by atoms with Crippen LogP contribution in [-0.4, -0.2) is 18.3 Å². The van der Waals surface area contributed by atoms with E-state index in [1.54, 1.807) is 0 Å². The van der Waals surface area contributed by atoms with Gasteiger partial charge in [0.1, 0.15) is 0 Å². The van der Waals surface area contributed by atoms with Crippen molar-refractivity contribution in [1.29, 1.82) is 0 Å². The van der Waals surface area contributed by atoms with Crippen LogP contribution in [0.4, 0.5) is 0 Å². The lowest BCUT2D eigenvalue weighted by molar-refractivity contribution is 0.198. The van der Waals surface area contributed by atoms with Gasteiger partial charge in [-0.15, -0.1) is 0 Å². The predicted molar refractivity (Wildman–Crippen MR) is 79.2 cm³/mol. The Bertz CT molecular complexity index is 389. The first-order valence-corrected chi connectivity index (χ1v) is 6.89. The van der Waals surface area contributed by atoms with Crippen LogP contribution in [0, 0.1) is 10.3 Å². The standard InChI is InChI=1S/C16H25NO2/c1-15(2,10-7-11-18)12-16(3,13-17-19)14-8-5-4-6-9-14/h4-6,8-9,18H,7,10-13H2,1-3H3. The van der Waals surface area contributed by atoms with Gasteiger partial charge in [0.15, 0.2) is 0 Å². The van der Waals surface area contributed by atoms with Crippen LogP contribution in [0.2, 0.25) is 0 Å². The van der Waals surface area contributed by atoms with Crippen LogP contribution in [-0.2, 0) is 5.41 Å². The Balaban J connectivity index is 2.91. The van der Waals surface area contributed by atoms with Crippen molar-refractivity contribution in [1.82, 2.24) is 0 Å². The van der Waals surface area contributed by atoms with Gasteiger partial charge in [0.05, 0.1) is 6.54 Å². The molecule has 0 aliphatic heterocycles. The summed E-state index contributed by atoms with van der Waals surface area (Å²) in [5.74, 6) is 0. The molecule has 0 amide bonds. The summed E-state index contributed by atoms with van der Waals surface area (Å²) in [6, 6.07) is 10.1. The maximum Gasteiger partial charge on any atom is 0.0905 e. The Kier molecular flexibility index (Phi) is 5.67. The number of rotatable bonds is 8. The lowest BCUT2D eigenvalue weighted by atomic mass is 9.68. The van der Waals surface area contributed by atoms with Crippen molar-refractivity contribution in [3.63, 3.8) is 0 Å². The van der Waals surface area contributed by atoms with Crippen LogP contribution < -0.4 is 0 Å². The predicted octanol–water partition coefficient (Wildman–Crippen LogP) is 3.90. The number of nitrogens with zero attached hydrogens (tertiary/aromatic N) is 1. The molecule has 0 saturated carbocycles.